The minimum Gasteiger partial charge on any atom is -0.497 e. The number of fused-ring (bicyclic) bond motifs is 1. The molecule has 0 N–H and O–H groups in total. The number of halogens is 1. The molecule has 2 aromatic rings. The van der Waals surface area contributed by atoms with E-state index >= 15 is 0 Å². The van der Waals surface area contributed by atoms with Crippen LogP contribution in [0.25, 0.3) is 0 Å². The third-order valence-corrected chi connectivity index (χ3v) is 6.21. The minimum absolute atomic E-state index is 0.133. The average Bonchev–Trinajstić information content (AvgIpc) is 3.07. The number of carbonyl (C=O) groups excluding carboxylic acids is 1. The molecule has 2 aliphatic heterocycles. The number of benzene rings is 2. The highest BCUT2D eigenvalue weighted by Gasteiger charge is 2.47. The van der Waals surface area contributed by atoms with Crippen LogP contribution in [0.3, 0.4) is 0 Å². The molecule has 2 fully saturated rings. The first kappa shape index (κ1) is 18.9. The maximum absolute atomic E-state index is 13.5. The van der Waals surface area contributed by atoms with Gasteiger partial charge in [-0.25, -0.2) is 4.39 Å². The molecule has 4 nitrogen and oxygen atoms in total. The first-order valence-corrected chi connectivity index (χ1v) is 9.96. The number of hydrogen-bond donors (Lipinski definition) is 0. The van der Waals surface area contributed by atoms with Crippen LogP contribution in [0.1, 0.15) is 36.8 Å². The van der Waals surface area contributed by atoms with Crippen molar-refractivity contribution in [2.24, 2.45) is 0 Å². The molecule has 5 heteroatoms. The lowest BCUT2D eigenvalue weighted by Crippen LogP contribution is -2.52. The maximum Gasteiger partial charge on any atom is 0.219 e. The summed E-state index contributed by atoms with van der Waals surface area (Å²) >= 11 is 0. The van der Waals surface area contributed by atoms with E-state index in [2.05, 4.69) is 17.0 Å². The summed E-state index contributed by atoms with van der Waals surface area (Å²) in [6.07, 6.45) is 2.11. The van der Waals surface area contributed by atoms with E-state index in [4.69, 9.17) is 4.74 Å². The van der Waals surface area contributed by atoms with E-state index in [1.165, 1.54) is 17.7 Å². The van der Waals surface area contributed by atoms with Gasteiger partial charge in [-0.2, -0.15) is 0 Å². The Morgan fingerprint density at radius 2 is 1.86 bits per heavy atom. The lowest BCUT2D eigenvalue weighted by molar-refractivity contribution is -0.133. The lowest BCUT2D eigenvalue weighted by Gasteiger charge is -2.41. The Hall–Kier alpha value is -2.40. The number of rotatable bonds is 4. The Bertz CT molecular complexity index is 822. The summed E-state index contributed by atoms with van der Waals surface area (Å²) in [6, 6.07) is 15.5. The number of amides is 1. The number of carbonyl (C=O) groups is 1. The van der Waals surface area contributed by atoms with E-state index in [0.717, 1.165) is 43.8 Å². The van der Waals surface area contributed by atoms with Crippen LogP contribution in [0.15, 0.2) is 48.5 Å². The summed E-state index contributed by atoms with van der Waals surface area (Å²) in [6.45, 7) is 4.19. The third kappa shape index (κ3) is 3.63. The molecule has 0 aromatic heterocycles. The van der Waals surface area contributed by atoms with Gasteiger partial charge in [0.05, 0.1) is 13.2 Å². The van der Waals surface area contributed by atoms with Gasteiger partial charge < -0.3 is 9.64 Å². The fourth-order valence-electron chi connectivity index (χ4n) is 4.91. The molecule has 2 aliphatic rings. The largest absolute Gasteiger partial charge is 0.497 e. The van der Waals surface area contributed by atoms with Gasteiger partial charge >= 0.3 is 0 Å². The van der Waals surface area contributed by atoms with Crippen LogP contribution in [0.4, 0.5) is 4.39 Å². The van der Waals surface area contributed by atoms with Crippen molar-refractivity contribution in [3.63, 3.8) is 0 Å². The average molecular weight is 382 g/mol. The second-order valence-electron chi connectivity index (χ2n) is 7.85. The molecule has 4 rings (SSSR count). The first-order valence-electron chi connectivity index (χ1n) is 9.96. The summed E-state index contributed by atoms with van der Waals surface area (Å²) in [5, 5.41) is 0. The SMILES string of the molecule is COc1ccc(CN2C[C@H](c3ccc(F)cc3)[C@@H]3[C@H]2CCCN3C(C)=O)cc1. The molecule has 148 valence electrons. The van der Waals surface area contributed by atoms with Crippen molar-refractivity contribution < 1.29 is 13.9 Å². The van der Waals surface area contributed by atoms with Crippen LogP contribution in [-0.4, -0.2) is 48.0 Å². The van der Waals surface area contributed by atoms with Crippen LogP contribution in [-0.2, 0) is 11.3 Å². The van der Waals surface area contributed by atoms with Gasteiger partial charge in [-0.15, -0.1) is 0 Å². The van der Waals surface area contributed by atoms with Gasteiger partial charge in [0.25, 0.3) is 0 Å². The van der Waals surface area contributed by atoms with Crippen molar-refractivity contribution in [2.75, 3.05) is 20.2 Å². The highest BCUT2D eigenvalue weighted by Crippen LogP contribution is 2.41. The molecule has 0 radical (unpaired) electrons. The quantitative estimate of drug-likeness (QED) is 0.806. The van der Waals surface area contributed by atoms with Crippen molar-refractivity contribution in [1.82, 2.24) is 9.80 Å². The Morgan fingerprint density at radius 3 is 2.50 bits per heavy atom. The van der Waals surface area contributed by atoms with Crippen molar-refractivity contribution in [1.29, 1.82) is 0 Å². The molecule has 0 bridgehead atoms. The summed E-state index contributed by atoms with van der Waals surface area (Å²) in [5.41, 5.74) is 2.35. The highest BCUT2D eigenvalue weighted by molar-refractivity contribution is 5.74. The van der Waals surface area contributed by atoms with Gasteiger partial charge in [-0.3, -0.25) is 9.69 Å². The predicted molar refractivity (Wildman–Crippen MR) is 107 cm³/mol. The van der Waals surface area contributed by atoms with Gasteiger partial charge in [0, 0.05) is 38.5 Å². The number of piperidine rings is 1. The minimum atomic E-state index is -0.222. The highest BCUT2D eigenvalue weighted by atomic mass is 19.1. The third-order valence-electron chi connectivity index (χ3n) is 6.21. The monoisotopic (exact) mass is 382 g/mol. The van der Waals surface area contributed by atoms with E-state index in [0.29, 0.717) is 6.04 Å². The number of ether oxygens (including phenoxy) is 1. The zero-order valence-electron chi connectivity index (χ0n) is 16.5. The molecule has 0 saturated carbocycles. The van der Waals surface area contributed by atoms with Gasteiger partial charge in [0.1, 0.15) is 11.6 Å². The molecule has 0 unspecified atom stereocenters. The molecule has 1 amide bonds. The molecular formula is C23H27FN2O2. The van der Waals surface area contributed by atoms with Crippen molar-refractivity contribution >= 4 is 5.91 Å². The number of methoxy groups -OCH3 is 1. The topological polar surface area (TPSA) is 32.8 Å². The standard InChI is InChI=1S/C23H27FN2O2/c1-16(27)26-13-3-4-22-23(26)21(18-7-9-19(24)10-8-18)15-25(22)14-17-5-11-20(28-2)12-6-17/h5-12,21-23H,3-4,13-15H2,1-2H3/t21-,22-,23-/m1/s1. The molecule has 2 saturated heterocycles. The number of nitrogens with zero attached hydrogens (tertiary/aromatic N) is 2. The smallest absolute Gasteiger partial charge is 0.219 e. The van der Waals surface area contributed by atoms with Crippen LogP contribution < -0.4 is 4.74 Å². The number of likely N-dealkylation sites (tertiary alicyclic amines) is 2. The summed E-state index contributed by atoms with van der Waals surface area (Å²) in [4.78, 5) is 16.9. The molecule has 2 aromatic carbocycles. The predicted octanol–water partition coefficient (Wildman–Crippen LogP) is 3.81. The van der Waals surface area contributed by atoms with E-state index in [9.17, 15) is 9.18 Å². The second kappa shape index (κ2) is 7.92. The van der Waals surface area contributed by atoms with E-state index < -0.39 is 0 Å². The van der Waals surface area contributed by atoms with E-state index in [1.54, 1.807) is 14.0 Å². The Labute approximate surface area is 165 Å². The van der Waals surface area contributed by atoms with Crippen molar-refractivity contribution in [2.45, 2.75) is 44.3 Å². The zero-order valence-corrected chi connectivity index (χ0v) is 16.5. The van der Waals surface area contributed by atoms with Gasteiger partial charge in [0.2, 0.25) is 5.91 Å². The van der Waals surface area contributed by atoms with Crippen LogP contribution >= 0.6 is 0 Å². The molecule has 28 heavy (non-hydrogen) atoms. The Morgan fingerprint density at radius 1 is 1.14 bits per heavy atom. The van der Waals surface area contributed by atoms with Gasteiger partial charge in [0.15, 0.2) is 0 Å². The van der Waals surface area contributed by atoms with Gasteiger partial charge in [-0.05, 0) is 48.2 Å². The van der Waals surface area contributed by atoms with Crippen molar-refractivity contribution in [3.8, 4) is 5.75 Å². The Balaban J connectivity index is 1.62. The van der Waals surface area contributed by atoms with Crippen LogP contribution in [0.5, 0.6) is 5.75 Å². The first-order chi connectivity index (χ1) is 13.6. The van der Waals surface area contributed by atoms with E-state index in [1.807, 2.05) is 29.2 Å². The number of hydrogen-bond acceptors (Lipinski definition) is 3. The summed E-state index contributed by atoms with van der Waals surface area (Å²) < 4.78 is 18.7. The normalized spacial score (nSPS) is 24.8. The molecule has 3 atom stereocenters. The fourth-order valence-corrected chi connectivity index (χ4v) is 4.91. The van der Waals surface area contributed by atoms with E-state index in [-0.39, 0.29) is 23.7 Å². The maximum atomic E-state index is 13.5. The molecule has 0 aliphatic carbocycles. The molecule has 0 spiro atoms. The fraction of sp³-hybridized carbons (Fsp3) is 0.435. The van der Waals surface area contributed by atoms with Gasteiger partial charge in [-0.1, -0.05) is 24.3 Å². The Kier molecular flexibility index (Phi) is 5.36. The molecule has 2 heterocycles. The van der Waals surface area contributed by atoms with Crippen molar-refractivity contribution in [3.05, 3.63) is 65.5 Å². The second-order valence-corrected chi connectivity index (χ2v) is 7.85. The zero-order chi connectivity index (χ0) is 19.7. The van der Waals surface area contributed by atoms with Crippen LogP contribution in [0, 0.1) is 5.82 Å². The lowest BCUT2D eigenvalue weighted by atomic mass is 9.86. The van der Waals surface area contributed by atoms with Crippen LogP contribution in [0.2, 0.25) is 0 Å². The summed E-state index contributed by atoms with van der Waals surface area (Å²) in [7, 11) is 1.67. The molecular weight excluding hydrogens is 355 g/mol. The summed E-state index contributed by atoms with van der Waals surface area (Å²) in [5.74, 6) is 0.967.